The summed E-state index contributed by atoms with van der Waals surface area (Å²) < 4.78 is 0. The van der Waals surface area contributed by atoms with Crippen LogP contribution in [0.3, 0.4) is 0 Å². The Labute approximate surface area is 91.2 Å². The zero-order valence-corrected chi connectivity index (χ0v) is 9.24. The van der Waals surface area contributed by atoms with Crippen molar-refractivity contribution in [3.8, 4) is 0 Å². The molecule has 86 valence electrons. The van der Waals surface area contributed by atoms with Crippen LogP contribution in [0.2, 0.25) is 0 Å². The smallest absolute Gasteiger partial charge is 0.234 e. The van der Waals surface area contributed by atoms with Gasteiger partial charge >= 0.3 is 0 Å². The fourth-order valence-corrected chi connectivity index (χ4v) is 2.23. The molecule has 0 aromatic carbocycles. The average molecular weight is 211 g/mol. The van der Waals surface area contributed by atoms with E-state index in [1.54, 1.807) is 0 Å². The molecule has 0 aromatic heterocycles. The molecule has 0 bridgehead atoms. The van der Waals surface area contributed by atoms with Crippen molar-refractivity contribution in [1.29, 1.82) is 0 Å². The predicted octanol–water partition coefficient (Wildman–Crippen LogP) is -0.0643. The second-order valence-electron chi connectivity index (χ2n) is 4.81. The van der Waals surface area contributed by atoms with Crippen LogP contribution in [0.5, 0.6) is 0 Å². The molecule has 1 saturated heterocycles. The Morgan fingerprint density at radius 3 is 2.87 bits per heavy atom. The summed E-state index contributed by atoms with van der Waals surface area (Å²) in [7, 11) is 0. The maximum atomic E-state index is 11.5. The fourth-order valence-electron chi connectivity index (χ4n) is 2.23. The van der Waals surface area contributed by atoms with Crippen LogP contribution in [0.1, 0.15) is 25.7 Å². The van der Waals surface area contributed by atoms with Crippen LogP contribution in [0.15, 0.2) is 0 Å². The summed E-state index contributed by atoms with van der Waals surface area (Å²) in [6.07, 6.45) is 4.64. The minimum Gasteiger partial charge on any atom is -0.352 e. The third-order valence-electron chi connectivity index (χ3n) is 3.25. The van der Waals surface area contributed by atoms with E-state index in [2.05, 4.69) is 10.2 Å². The van der Waals surface area contributed by atoms with E-state index in [4.69, 9.17) is 5.73 Å². The molecule has 1 atom stereocenters. The first-order valence-corrected chi connectivity index (χ1v) is 5.99. The first-order valence-electron chi connectivity index (χ1n) is 5.99. The molecule has 2 aliphatic rings. The molecule has 0 spiro atoms. The highest BCUT2D eigenvalue weighted by Crippen LogP contribution is 2.20. The van der Waals surface area contributed by atoms with Gasteiger partial charge in [-0.15, -0.1) is 0 Å². The monoisotopic (exact) mass is 211 g/mol. The van der Waals surface area contributed by atoms with Crippen molar-refractivity contribution in [2.75, 3.05) is 26.2 Å². The Bertz CT molecular complexity index is 228. The van der Waals surface area contributed by atoms with E-state index in [-0.39, 0.29) is 5.91 Å². The number of nitrogens with two attached hydrogens (primary N) is 1. The van der Waals surface area contributed by atoms with Gasteiger partial charge in [-0.1, -0.05) is 0 Å². The average Bonchev–Trinajstić information content (AvgIpc) is 2.88. The van der Waals surface area contributed by atoms with Crippen molar-refractivity contribution in [1.82, 2.24) is 10.2 Å². The Morgan fingerprint density at radius 2 is 2.20 bits per heavy atom. The third-order valence-corrected chi connectivity index (χ3v) is 3.25. The van der Waals surface area contributed by atoms with Crippen LogP contribution in [-0.2, 0) is 4.79 Å². The first-order chi connectivity index (χ1) is 7.28. The number of nitrogens with zero attached hydrogens (tertiary/aromatic N) is 1. The Kier molecular flexibility index (Phi) is 3.59. The lowest BCUT2D eigenvalue weighted by Crippen LogP contribution is -2.37. The van der Waals surface area contributed by atoms with Crippen molar-refractivity contribution in [2.24, 2.45) is 11.7 Å². The van der Waals surface area contributed by atoms with Gasteiger partial charge in [0.05, 0.1) is 6.54 Å². The second-order valence-corrected chi connectivity index (χ2v) is 4.81. The Morgan fingerprint density at radius 1 is 1.40 bits per heavy atom. The van der Waals surface area contributed by atoms with Crippen LogP contribution in [0.4, 0.5) is 0 Å². The van der Waals surface area contributed by atoms with Crippen LogP contribution in [-0.4, -0.2) is 43.0 Å². The predicted molar refractivity (Wildman–Crippen MR) is 59.4 cm³/mol. The van der Waals surface area contributed by atoms with Crippen molar-refractivity contribution in [3.05, 3.63) is 0 Å². The van der Waals surface area contributed by atoms with E-state index >= 15 is 0 Å². The molecule has 1 aliphatic carbocycles. The lowest BCUT2D eigenvalue weighted by Gasteiger charge is -2.15. The summed E-state index contributed by atoms with van der Waals surface area (Å²) in [5, 5.41) is 3.02. The molecule has 1 saturated carbocycles. The van der Waals surface area contributed by atoms with Crippen molar-refractivity contribution >= 4 is 5.91 Å². The minimum absolute atomic E-state index is 0.200. The van der Waals surface area contributed by atoms with E-state index in [9.17, 15) is 4.79 Å². The summed E-state index contributed by atoms with van der Waals surface area (Å²) in [5.74, 6) is 0.912. The number of amides is 1. The molecule has 1 amide bonds. The van der Waals surface area contributed by atoms with Crippen molar-refractivity contribution in [3.63, 3.8) is 0 Å². The van der Waals surface area contributed by atoms with Crippen molar-refractivity contribution in [2.45, 2.75) is 31.7 Å². The van der Waals surface area contributed by atoms with Gasteiger partial charge in [-0.2, -0.15) is 0 Å². The Hall–Kier alpha value is -0.610. The lowest BCUT2D eigenvalue weighted by molar-refractivity contribution is -0.122. The van der Waals surface area contributed by atoms with Gasteiger partial charge in [0.1, 0.15) is 0 Å². The number of likely N-dealkylation sites (tertiary alicyclic amines) is 1. The van der Waals surface area contributed by atoms with E-state index in [1.807, 2.05) is 0 Å². The van der Waals surface area contributed by atoms with Crippen LogP contribution in [0, 0.1) is 5.92 Å². The van der Waals surface area contributed by atoms with Gasteiger partial charge in [0.25, 0.3) is 0 Å². The fraction of sp³-hybridized carbons (Fsp3) is 0.909. The molecule has 0 radical (unpaired) electrons. The van der Waals surface area contributed by atoms with Gasteiger partial charge in [-0.05, 0) is 44.7 Å². The van der Waals surface area contributed by atoms with E-state index in [1.165, 1.54) is 19.3 Å². The molecule has 3 N–H and O–H groups in total. The molecule has 0 aromatic rings. The molecule has 4 nitrogen and oxygen atoms in total. The number of hydrogen-bond donors (Lipinski definition) is 2. The highest BCUT2D eigenvalue weighted by atomic mass is 16.2. The third kappa shape index (κ3) is 3.47. The van der Waals surface area contributed by atoms with Crippen LogP contribution in [0.25, 0.3) is 0 Å². The number of nitrogens with one attached hydrogen (secondary N) is 1. The molecule has 2 fully saturated rings. The highest BCUT2D eigenvalue weighted by Gasteiger charge is 2.26. The van der Waals surface area contributed by atoms with Crippen LogP contribution < -0.4 is 11.1 Å². The molecule has 1 unspecified atom stereocenters. The molecular formula is C11H21N3O. The number of hydrogen-bond acceptors (Lipinski definition) is 3. The van der Waals surface area contributed by atoms with Gasteiger partial charge in [0, 0.05) is 12.6 Å². The topological polar surface area (TPSA) is 58.4 Å². The van der Waals surface area contributed by atoms with Gasteiger partial charge in [-0.3, -0.25) is 9.69 Å². The standard InChI is InChI=1S/C11H21N3O/c12-5-3-9-4-6-14(7-9)8-11(15)13-10-1-2-10/h9-10H,1-8,12H2,(H,13,15). The summed E-state index contributed by atoms with van der Waals surface area (Å²) in [6, 6.07) is 0.486. The van der Waals surface area contributed by atoms with Gasteiger partial charge in [0.2, 0.25) is 5.91 Å². The van der Waals surface area contributed by atoms with Gasteiger partial charge in [0.15, 0.2) is 0 Å². The zero-order valence-electron chi connectivity index (χ0n) is 9.24. The zero-order chi connectivity index (χ0) is 10.7. The van der Waals surface area contributed by atoms with Crippen LogP contribution >= 0.6 is 0 Å². The van der Waals surface area contributed by atoms with E-state index in [0.717, 1.165) is 26.1 Å². The largest absolute Gasteiger partial charge is 0.352 e. The SMILES string of the molecule is NCCC1CCN(CC(=O)NC2CC2)C1. The summed E-state index contributed by atoms with van der Waals surface area (Å²) in [6.45, 7) is 3.46. The molecule has 4 heteroatoms. The van der Waals surface area contributed by atoms with E-state index in [0.29, 0.717) is 18.5 Å². The number of carbonyl (C=O) groups excluding carboxylic acids is 1. The van der Waals surface area contributed by atoms with Gasteiger partial charge < -0.3 is 11.1 Å². The maximum absolute atomic E-state index is 11.5. The molecule has 2 rings (SSSR count). The molecule has 1 aliphatic heterocycles. The molecular weight excluding hydrogens is 190 g/mol. The number of rotatable bonds is 5. The summed E-state index contributed by atoms with van der Waals surface area (Å²) >= 11 is 0. The number of carbonyl (C=O) groups is 1. The maximum Gasteiger partial charge on any atom is 0.234 e. The quantitative estimate of drug-likeness (QED) is 0.669. The highest BCUT2D eigenvalue weighted by molar-refractivity contribution is 5.78. The van der Waals surface area contributed by atoms with Gasteiger partial charge in [-0.25, -0.2) is 0 Å². The van der Waals surface area contributed by atoms with Crippen molar-refractivity contribution < 1.29 is 4.79 Å². The molecule has 15 heavy (non-hydrogen) atoms. The normalized spacial score (nSPS) is 26.9. The minimum atomic E-state index is 0.200. The van der Waals surface area contributed by atoms with E-state index < -0.39 is 0 Å². The summed E-state index contributed by atoms with van der Waals surface area (Å²) in [4.78, 5) is 13.8. The first kappa shape index (κ1) is 10.9. The lowest BCUT2D eigenvalue weighted by atomic mass is 10.1. The Balaban J connectivity index is 1.64. The second kappa shape index (κ2) is 4.94. The molecule has 1 heterocycles. The summed E-state index contributed by atoms with van der Waals surface area (Å²) in [5.41, 5.74) is 5.53.